The molecule has 1 aromatic carbocycles. The summed E-state index contributed by atoms with van der Waals surface area (Å²) in [6.07, 6.45) is 6.84. The minimum absolute atomic E-state index is 0.743. The molecule has 0 unspecified atom stereocenters. The zero-order valence-electron chi connectivity index (χ0n) is 12.0. The van der Waals surface area contributed by atoms with Crippen LogP contribution in [0.3, 0.4) is 0 Å². The summed E-state index contributed by atoms with van der Waals surface area (Å²) in [4.78, 5) is 2.49. The van der Waals surface area contributed by atoms with Gasteiger partial charge in [-0.15, -0.1) is 0 Å². The van der Waals surface area contributed by atoms with E-state index < -0.39 is 0 Å². The van der Waals surface area contributed by atoms with Crippen LogP contribution in [0.2, 0.25) is 0 Å². The van der Waals surface area contributed by atoms with E-state index in [0.29, 0.717) is 0 Å². The molecule has 106 valence electrons. The molecule has 0 spiro atoms. The highest BCUT2D eigenvalue weighted by atomic mass is 79.9. The minimum Gasteiger partial charge on any atom is -0.398 e. The number of hydrogen-bond donors (Lipinski definition) is 1. The zero-order chi connectivity index (χ0) is 13.8. The zero-order valence-corrected chi connectivity index (χ0v) is 13.6. The summed E-state index contributed by atoms with van der Waals surface area (Å²) in [6, 6.07) is 7.03. The Hall–Kier alpha value is -0.540. The highest BCUT2D eigenvalue weighted by Crippen LogP contribution is 2.30. The van der Waals surface area contributed by atoms with Gasteiger partial charge in [-0.05, 0) is 72.3 Å². The van der Waals surface area contributed by atoms with Gasteiger partial charge in [0.05, 0.1) is 0 Å². The third-order valence-electron chi connectivity index (χ3n) is 4.51. The van der Waals surface area contributed by atoms with Crippen molar-refractivity contribution in [1.82, 2.24) is 4.90 Å². The van der Waals surface area contributed by atoms with Crippen LogP contribution in [0.25, 0.3) is 0 Å². The van der Waals surface area contributed by atoms with Crippen molar-refractivity contribution in [2.75, 3.05) is 12.8 Å². The lowest BCUT2D eigenvalue weighted by atomic mass is 9.84. The van der Waals surface area contributed by atoms with Crippen molar-refractivity contribution in [3.05, 3.63) is 28.2 Å². The van der Waals surface area contributed by atoms with Gasteiger partial charge in [-0.3, -0.25) is 4.90 Å². The summed E-state index contributed by atoms with van der Waals surface area (Å²) in [5.41, 5.74) is 8.09. The number of anilines is 1. The van der Waals surface area contributed by atoms with Crippen molar-refractivity contribution in [3.8, 4) is 0 Å². The smallest absolute Gasteiger partial charge is 0.0461 e. The van der Waals surface area contributed by atoms with Gasteiger partial charge in [0.25, 0.3) is 0 Å². The van der Waals surface area contributed by atoms with Gasteiger partial charge in [0, 0.05) is 22.7 Å². The monoisotopic (exact) mass is 324 g/mol. The van der Waals surface area contributed by atoms with Crippen LogP contribution in [0, 0.1) is 5.92 Å². The first-order valence-electron chi connectivity index (χ1n) is 7.34. The fourth-order valence-corrected chi connectivity index (χ4v) is 3.35. The van der Waals surface area contributed by atoms with E-state index in [-0.39, 0.29) is 0 Å². The number of halogens is 1. The van der Waals surface area contributed by atoms with Crippen LogP contribution < -0.4 is 5.73 Å². The summed E-state index contributed by atoms with van der Waals surface area (Å²) in [7, 11) is 2.25. The molecule has 1 saturated carbocycles. The second kappa shape index (κ2) is 6.76. The molecule has 0 aromatic heterocycles. The Bertz CT molecular complexity index is 411. The van der Waals surface area contributed by atoms with E-state index in [1.165, 1.54) is 37.7 Å². The van der Waals surface area contributed by atoms with E-state index in [1.54, 1.807) is 0 Å². The van der Waals surface area contributed by atoms with Gasteiger partial charge in [-0.25, -0.2) is 0 Å². The molecule has 3 heteroatoms. The maximum absolute atomic E-state index is 5.95. The van der Waals surface area contributed by atoms with Crippen molar-refractivity contribution < 1.29 is 0 Å². The molecule has 1 aliphatic carbocycles. The van der Waals surface area contributed by atoms with E-state index >= 15 is 0 Å². The van der Waals surface area contributed by atoms with Crippen LogP contribution in [0.1, 0.15) is 44.6 Å². The maximum atomic E-state index is 5.95. The SMILES string of the molecule is CCC1CCC(N(C)Cc2ccc(Br)c(N)c2)CC1. The Morgan fingerprint density at radius 2 is 1.95 bits per heavy atom. The molecule has 2 nitrogen and oxygen atoms in total. The van der Waals surface area contributed by atoms with Crippen LogP contribution >= 0.6 is 15.9 Å². The molecule has 0 aliphatic heterocycles. The second-order valence-corrected chi connectivity index (χ2v) is 6.71. The minimum atomic E-state index is 0.743. The predicted molar refractivity (Wildman–Crippen MR) is 86.1 cm³/mol. The molecule has 0 heterocycles. The molecule has 0 amide bonds. The highest BCUT2D eigenvalue weighted by molar-refractivity contribution is 9.10. The topological polar surface area (TPSA) is 29.3 Å². The number of rotatable bonds is 4. The van der Waals surface area contributed by atoms with Gasteiger partial charge in [-0.1, -0.05) is 19.4 Å². The van der Waals surface area contributed by atoms with E-state index in [4.69, 9.17) is 5.73 Å². The summed E-state index contributed by atoms with van der Waals surface area (Å²) < 4.78 is 0.988. The standard InChI is InChI=1S/C16H25BrN2/c1-3-12-4-7-14(8-5-12)19(2)11-13-6-9-15(17)16(18)10-13/h6,9-10,12,14H,3-5,7-8,11,18H2,1-2H3. The Kier molecular flexibility index (Phi) is 5.28. The van der Waals surface area contributed by atoms with Crippen molar-refractivity contribution in [2.24, 2.45) is 5.92 Å². The average Bonchev–Trinajstić information content (AvgIpc) is 2.43. The lowest BCUT2D eigenvalue weighted by molar-refractivity contribution is 0.157. The molecular weight excluding hydrogens is 300 g/mol. The van der Waals surface area contributed by atoms with Crippen molar-refractivity contribution >= 4 is 21.6 Å². The fraction of sp³-hybridized carbons (Fsp3) is 0.625. The number of nitrogen functional groups attached to an aromatic ring is 1. The Morgan fingerprint density at radius 1 is 1.26 bits per heavy atom. The Morgan fingerprint density at radius 3 is 2.53 bits per heavy atom. The first-order valence-corrected chi connectivity index (χ1v) is 8.13. The molecule has 0 bridgehead atoms. The Labute approximate surface area is 125 Å². The molecule has 1 aromatic rings. The molecule has 0 atom stereocenters. The number of hydrogen-bond acceptors (Lipinski definition) is 2. The quantitative estimate of drug-likeness (QED) is 0.830. The van der Waals surface area contributed by atoms with E-state index in [9.17, 15) is 0 Å². The first-order chi connectivity index (χ1) is 9.10. The predicted octanol–water partition coefficient (Wildman–Crippen LogP) is 4.43. The third kappa shape index (κ3) is 3.96. The normalized spacial score (nSPS) is 23.8. The number of benzene rings is 1. The van der Waals surface area contributed by atoms with E-state index in [2.05, 4.69) is 46.9 Å². The molecule has 1 aliphatic rings. The van der Waals surface area contributed by atoms with Gasteiger partial charge in [0.15, 0.2) is 0 Å². The van der Waals surface area contributed by atoms with Gasteiger partial charge < -0.3 is 5.73 Å². The molecule has 2 N–H and O–H groups in total. The van der Waals surface area contributed by atoms with Crippen LogP contribution in [-0.2, 0) is 6.54 Å². The van der Waals surface area contributed by atoms with Crippen LogP contribution in [0.5, 0.6) is 0 Å². The largest absolute Gasteiger partial charge is 0.398 e. The lowest BCUT2D eigenvalue weighted by Crippen LogP contribution is -2.34. The van der Waals surface area contributed by atoms with Crippen molar-refractivity contribution in [1.29, 1.82) is 0 Å². The van der Waals surface area contributed by atoms with Gasteiger partial charge in [0.2, 0.25) is 0 Å². The average molecular weight is 325 g/mol. The molecular formula is C16H25BrN2. The first kappa shape index (κ1) is 14.9. The summed E-state index contributed by atoms with van der Waals surface area (Å²) >= 11 is 3.45. The highest BCUT2D eigenvalue weighted by Gasteiger charge is 2.22. The van der Waals surface area contributed by atoms with Crippen LogP contribution in [0.15, 0.2) is 22.7 Å². The summed E-state index contributed by atoms with van der Waals surface area (Å²) in [6.45, 7) is 3.32. The molecule has 1 fully saturated rings. The van der Waals surface area contributed by atoms with Gasteiger partial charge in [0.1, 0.15) is 0 Å². The summed E-state index contributed by atoms with van der Waals surface area (Å²) in [5.74, 6) is 0.966. The lowest BCUT2D eigenvalue weighted by Gasteiger charge is -2.34. The summed E-state index contributed by atoms with van der Waals surface area (Å²) in [5, 5.41) is 0. The Balaban J connectivity index is 1.90. The van der Waals surface area contributed by atoms with E-state index in [1.807, 2.05) is 6.07 Å². The number of nitrogens with zero attached hydrogens (tertiary/aromatic N) is 1. The van der Waals surface area contributed by atoms with Crippen molar-refractivity contribution in [3.63, 3.8) is 0 Å². The molecule has 2 rings (SSSR count). The molecule has 19 heavy (non-hydrogen) atoms. The van der Waals surface area contributed by atoms with Crippen molar-refractivity contribution in [2.45, 2.75) is 51.6 Å². The van der Waals surface area contributed by atoms with Gasteiger partial charge >= 0.3 is 0 Å². The maximum Gasteiger partial charge on any atom is 0.0461 e. The van der Waals surface area contributed by atoms with Crippen LogP contribution in [-0.4, -0.2) is 18.0 Å². The molecule has 0 saturated heterocycles. The van der Waals surface area contributed by atoms with Gasteiger partial charge in [-0.2, -0.15) is 0 Å². The number of nitrogens with two attached hydrogens (primary N) is 1. The third-order valence-corrected chi connectivity index (χ3v) is 5.23. The van der Waals surface area contributed by atoms with Crippen LogP contribution in [0.4, 0.5) is 5.69 Å². The van der Waals surface area contributed by atoms with E-state index in [0.717, 1.165) is 28.7 Å². The molecule has 0 radical (unpaired) electrons. The second-order valence-electron chi connectivity index (χ2n) is 5.85. The fourth-order valence-electron chi connectivity index (χ4n) is 3.10.